The molecule has 0 spiro atoms. The lowest BCUT2D eigenvalue weighted by Gasteiger charge is -2.28. The molecule has 1 aromatic carbocycles. The number of aliphatic hydroxyl groups excluding tert-OH is 1. The monoisotopic (exact) mass is 468 g/mol. The van der Waals surface area contributed by atoms with E-state index >= 15 is 0 Å². The Bertz CT molecular complexity index is 1050. The Hall–Kier alpha value is -3.10. The highest BCUT2D eigenvalue weighted by Crippen LogP contribution is 2.40. The molecule has 0 bridgehead atoms. The Morgan fingerprint density at radius 3 is 2.41 bits per heavy atom. The normalized spacial score (nSPS) is 20.9. The van der Waals surface area contributed by atoms with Crippen LogP contribution < -0.4 is 4.74 Å². The lowest BCUT2D eigenvalue weighted by atomic mass is 9.99. The van der Waals surface area contributed by atoms with E-state index in [9.17, 15) is 14.7 Å². The Morgan fingerprint density at radius 1 is 1.09 bits per heavy atom. The fraction of sp³-hybridized carbons (Fsp3) is 0.462. The quantitative estimate of drug-likeness (QED) is 0.360. The van der Waals surface area contributed by atoms with Gasteiger partial charge in [0.2, 0.25) is 0 Å². The van der Waals surface area contributed by atoms with E-state index < -0.39 is 17.7 Å². The third kappa shape index (κ3) is 5.18. The van der Waals surface area contributed by atoms with Crippen LogP contribution in [0.2, 0.25) is 0 Å². The number of furan rings is 1. The summed E-state index contributed by atoms with van der Waals surface area (Å²) >= 11 is 0. The number of rotatable bonds is 8. The van der Waals surface area contributed by atoms with Crippen LogP contribution in [0.4, 0.5) is 0 Å². The second-order valence-corrected chi connectivity index (χ2v) is 8.94. The number of hydrogen-bond acceptors (Lipinski definition) is 7. The Labute approximate surface area is 199 Å². The summed E-state index contributed by atoms with van der Waals surface area (Å²) in [6.45, 7) is 9.97. The first-order valence-corrected chi connectivity index (χ1v) is 11.8. The zero-order valence-electron chi connectivity index (χ0n) is 20.0. The van der Waals surface area contributed by atoms with E-state index in [1.807, 2.05) is 20.8 Å². The summed E-state index contributed by atoms with van der Waals surface area (Å²) in [5.41, 5.74) is 0.485. The predicted octanol–water partition coefficient (Wildman–Crippen LogP) is 3.52. The average molecular weight is 469 g/mol. The fourth-order valence-corrected chi connectivity index (χ4v) is 4.42. The van der Waals surface area contributed by atoms with Gasteiger partial charge in [0.05, 0.1) is 24.9 Å². The molecule has 2 aliphatic rings. The molecule has 3 heterocycles. The van der Waals surface area contributed by atoms with Gasteiger partial charge in [-0.25, -0.2) is 0 Å². The molecular weight excluding hydrogens is 436 g/mol. The van der Waals surface area contributed by atoms with Gasteiger partial charge in [-0.05, 0) is 63.6 Å². The number of carbonyl (C=O) groups is 2. The maximum absolute atomic E-state index is 13.1. The smallest absolute Gasteiger partial charge is 0.295 e. The van der Waals surface area contributed by atoms with Gasteiger partial charge in [-0.1, -0.05) is 0 Å². The molecule has 2 aromatic rings. The second-order valence-electron chi connectivity index (χ2n) is 8.94. The minimum Gasteiger partial charge on any atom is -0.507 e. The summed E-state index contributed by atoms with van der Waals surface area (Å²) < 4.78 is 16.9. The number of benzene rings is 1. The zero-order valence-corrected chi connectivity index (χ0v) is 20.0. The van der Waals surface area contributed by atoms with Crippen LogP contribution in [-0.2, 0) is 14.3 Å². The number of amides is 1. The van der Waals surface area contributed by atoms with Crippen LogP contribution >= 0.6 is 0 Å². The highest BCUT2D eigenvalue weighted by atomic mass is 16.5. The number of aliphatic hydroxyl groups is 1. The first-order valence-electron chi connectivity index (χ1n) is 11.8. The first-order chi connectivity index (χ1) is 16.3. The number of morpholine rings is 1. The Kier molecular flexibility index (Phi) is 7.38. The largest absolute Gasteiger partial charge is 0.507 e. The summed E-state index contributed by atoms with van der Waals surface area (Å²) in [5.74, 6) is 0.249. The molecule has 0 aliphatic carbocycles. The Balaban J connectivity index is 1.62. The van der Waals surface area contributed by atoms with Crippen LogP contribution in [0, 0.1) is 6.92 Å². The van der Waals surface area contributed by atoms with Gasteiger partial charge in [0.25, 0.3) is 11.7 Å². The predicted molar refractivity (Wildman–Crippen MR) is 127 cm³/mol. The van der Waals surface area contributed by atoms with Crippen LogP contribution in [0.3, 0.4) is 0 Å². The van der Waals surface area contributed by atoms with E-state index in [4.69, 9.17) is 13.9 Å². The highest BCUT2D eigenvalue weighted by molar-refractivity contribution is 6.46. The molecule has 1 unspecified atom stereocenters. The molecule has 0 saturated carbocycles. The molecule has 4 rings (SSSR count). The lowest BCUT2D eigenvalue weighted by Crippen LogP contribution is -2.38. The molecule has 182 valence electrons. The number of carbonyl (C=O) groups excluding carboxylic acids is 2. The van der Waals surface area contributed by atoms with Gasteiger partial charge in [-0.15, -0.1) is 0 Å². The SMILES string of the molecule is Cc1ccc(C2/C(=C(/O)c3ccc(OC(C)C)cc3)C(=O)C(=O)N2CCCN2CCOCC2)o1. The second kappa shape index (κ2) is 10.4. The van der Waals surface area contributed by atoms with Gasteiger partial charge < -0.3 is 23.9 Å². The summed E-state index contributed by atoms with van der Waals surface area (Å²) in [6, 6.07) is 9.62. The zero-order chi connectivity index (χ0) is 24.2. The average Bonchev–Trinajstić information content (AvgIpc) is 3.35. The molecule has 8 heteroatoms. The van der Waals surface area contributed by atoms with Crippen molar-refractivity contribution in [3.05, 3.63) is 59.1 Å². The van der Waals surface area contributed by atoms with Crippen molar-refractivity contribution in [2.24, 2.45) is 0 Å². The number of Topliss-reactive ketones (excluding diaryl/α,β-unsaturated/α-hetero) is 1. The molecular formula is C26H32N2O6. The van der Waals surface area contributed by atoms with Crippen LogP contribution in [0.15, 0.2) is 46.4 Å². The third-order valence-corrected chi connectivity index (χ3v) is 6.05. The number of likely N-dealkylation sites (tertiary alicyclic amines) is 1. The number of aryl methyl sites for hydroxylation is 1. The summed E-state index contributed by atoms with van der Waals surface area (Å²) in [6.07, 6.45) is 0.717. The van der Waals surface area contributed by atoms with Gasteiger partial charge in [0.15, 0.2) is 0 Å². The van der Waals surface area contributed by atoms with Crippen molar-refractivity contribution in [1.29, 1.82) is 0 Å². The van der Waals surface area contributed by atoms with Gasteiger partial charge in [-0.3, -0.25) is 14.5 Å². The van der Waals surface area contributed by atoms with Gasteiger partial charge in [0, 0.05) is 31.7 Å². The van der Waals surface area contributed by atoms with Crippen molar-refractivity contribution >= 4 is 17.4 Å². The number of hydrogen-bond donors (Lipinski definition) is 1. The molecule has 1 N–H and O–H groups in total. The van der Waals surface area contributed by atoms with E-state index in [1.165, 1.54) is 4.90 Å². The van der Waals surface area contributed by atoms with Crippen molar-refractivity contribution in [2.45, 2.75) is 39.3 Å². The minimum atomic E-state index is -0.773. The van der Waals surface area contributed by atoms with Crippen molar-refractivity contribution < 1.29 is 28.6 Å². The summed E-state index contributed by atoms with van der Waals surface area (Å²) in [7, 11) is 0. The van der Waals surface area contributed by atoms with E-state index in [1.54, 1.807) is 36.4 Å². The minimum absolute atomic E-state index is 0.0180. The molecule has 34 heavy (non-hydrogen) atoms. The van der Waals surface area contributed by atoms with Gasteiger partial charge >= 0.3 is 0 Å². The van der Waals surface area contributed by atoms with Gasteiger partial charge in [-0.2, -0.15) is 0 Å². The first kappa shape index (κ1) is 24.0. The van der Waals surface area contributed by atoms with Crippen molar-refractivity contribution in [3.8, 4) is 5.75 Å². The number of ether oxygens (including phenoxy) is 2. The molecule has 1 amide bonds. The summed E-state index contributed by atoms with van der Waals surface area (Å²) in [4.78, 5) is 29.9. The molecule has 1 aromatic heterocycles. The van der Waals surface area contributed by atoms with Crippen LogP contribution in [-0.4, -0.2) is 72.1 Å². The Morgan fingerprint density at radius 2 is 1.79 bits per heavy atom. The number of ketones is 1. The molecule has 2 aliphatic heterocycles. The number of nitrogens with zero attached hydrogens (tertiary/aromatic N) is 2. The summed E-state index contributed by atoms with van der Waals surface area (Å²) in [5, 5.41) is 11.1. The topological polar surface area (TPSA) is 92.5 Å². The lowest BCUT2D eigenvalue weighted by molar-refractivity contribution is -0.140. The van der Waals surface area contributed by atoms with Crippen LogP contribution in [0.1, 0.15) is 43.4 Å². The van der Waals surface area contributed by atoms with Crippen LogP contribution in [0.25, 0.3) is 5.76 Å². The van der Waals surface area contributed by atoms with Gasteiger partial charge in [0.1, 0.15) is 29.1 Å². The molecule has 1 atom stereocenters. The third-order valence-electron chi connectivity index (χ3n) is 6.05. The molecule has 2 saturated heterocycles. The maximum atomic E-state index is 13.1. The van der Waals surface area contributed by atoms with E-state index in [0.717, 1.165) is 19.6 Å². The fourth-order valence-electron chi connectivity index (χ4n) is 4.42. The van der Waals surface area contributed by atoms with Crippen molar-refractivity contribution in [1.82, 2.24) is 9.80 Å². The maximum Gasteiger partial charge on any atom is 0.295 e. The van der Waals surface area contributed by atoms with E-state index in [2.05, 4.69) is 4.90 Å². The van der Waals surface area contributed by atoms with Crippen molar-refractivity contribution in [2.75, 3.05) is 39.4 Å². The van der Waals surface area contributed by atoms with Crippen LogP contribution in [0.5, 0.6) is 5.75 Å². The van der Waals surface area contributed by atoms with E-state index in [-0.39, 0.29) is 17.4 Å². The van der Waals surface area contributed by atoms with E-state index in [0.29, 0.717) is 49.0 Å². The van der Waals surface area contributed by atoms with Crippen molar-refractivity contribution in [3.63, 3.8) is 0 Å². The molecule has 0 radical (unpaired) electrons. The molecule has 8 nitrogen and oxygen atoms in total. The molecule has 2 fully saturated rings. The standard InChI is InChI=1S/C26H32N2O6/c1-17(2)33-20-8-6-19(7-9-20)24(29)22-23(21-10-5-18(3)34-21)28(26(31)25(22)30)12-4-11-27-13-15-32-16-14-27/h5-10,17,23,29H,4,11-16H2,1-3H3/b24-22-. The highest BCUT2D eigenvalue weighted by Gasteiger charge is 2.47.